The van der Waals surface area contributed by atoms with E-state index in [4.69, 9.17) is 0 Å². The number of piperazine rings is 1. The van der Waals surface area contributed by atoms with Gasteiger partial charge in [0.2, 0.25) is 5.91 Å². The summed E-state index contributed by atoms with van der Waals surface area (Å²) in [6.07, 6.45) is 2.23. The predicted molar refractivity (Wildman–Crippen MR) is 119 cm³/mol. The summed E-state index contributed by atoms with van der Waals surface area (Å²) >= 11 is 0. The first-order valence-corrected chi connectivity index (χ1v) is 10.0. The average Bonchev–Trinajstić information content (AvgIpc) is 2.77. The van der Waals surface area contributed by atoms with Crippen molar-refractivity contribution in [3.8, 4) is 0 Å². The van der Waals surface area contributed by atoms with Gasteiger partial charge in [-0.1, -0.05) is 35.9 Å². The van der Waals surface area contributed by atoms with Crippen LogP contribution in [0.3, 0.4) is 0 Å². The van der Waals surface area contributed by atoms with Crippen LogP contribution in [0.4, 0.5) is 17.2 Å². The molecule has 1 saturated heterocycles. The topological polar surface area (TPSA) is 48.5 Å². The first kappa shape index (κ1) is 19.0. The van der Waals surface area contributed by atoms with E-state index in [1.807, 2.05) is 61.7 Å². The van der Waals surface area contributed by atoms with Crippen LogP contribution in [0.2, 0.25) is 0 Å². The number of rotatable bonds is 5. The number of anilines is 3. The SMILES string of the molecule is Cc1ccc(CC(=O)Nc2ccc(N3CCN(c4ccccn4)CC3)cc2)cc1. The summed E-state index contributed by atoms with van der Waals surface area (Å²) in [6.45, 7) is 5.85. The van der Waals surface area contributed by atoms with Crippen LogP contribution >= 0.6 is 0 Å². The van der Waals surface area contributed by atoms with Crippen molar-refractivity contribution >= 4 is 23.1 Å². The zero-order valence-electron chi connectivity index (χ0n) is 16.7. The fourth-order valence-electron chi connectivity index (χ4n) is 3.59. The molecular weight excluding hydrogens is 360 g/mol. The second kappa shape index (κ2) is 8.78. The van der Waals surface area contributed by atoms with Crippen molar-refractivity contribution in [2.45, 2.75) is 13.3 Å². The van der Waals surface area contributed by atoms with Gasteiger partial charge < -0.3 is 15.1 Å². The van der Waals surface area contributed by atoms with Crippen molar-refractivity contribution in [1.29, 1.82) is 0 Å². The molecule has 0 atom stereocenters. The molecule has 0 aliphatic carbocycles. The van der Waals surface area contributed by atoms with E-state index in [0.29, 0.717) is 6.42 Å². The maximum Gasteiger partial charge on any atom is 0.228 e. The van der Waals surface area contributed by atoms with Gasteiger partial charge in [0.05, 0.1) is 6.42 Å². The van der Waals surface area contributed by atoms with Crippen molar-refractivity contribution in [2.75, 3.05) is 41.3 Å². The molecule has 2 heterocycles. The van der Waals surface area contributed by atoms with Gasteiger partial charge in [-0.05, 0) is 48.9 Å². The molecule has 29 heavy (non-hydrogen) atoms. The van der Waals surface area contributed by atoms with Crippen molar-refractivity contribution < 1.29 is 4.79 Å². The molecule has 5 heteroatoms. The van der Waals surface area contributed by atoms with Gasteiger partial charge >= 0.3 is 0 Å². The molecule has 1 fully saturated rings. The van der Waals surface area contributed by atoms with Crippen LogP contribution < -0.4 is 15.1 Å². The molecular formula is C24H26N4O. The van der Waals surface area contributed by atoms with E-state index in [-0.39, 0.29) is 5.91 Å². The number of benzene rings is 2. The predicted octanol–water partition coefficient (Wildman–Crippen LogP) is 3.90. The second-order valence-corrected chi connectivity index (χ2v) is 7.42. The molecule has 1 amide bonds. The summed E-state index contributed by atoms with van der Waals surface area (Å²) in [7, 11) is 0. The third-order valence-electron chi connectivity index (χ3n) is 5.25. The monoisotopic (exact) mass is 386 g/mol. The summed E-state index contributed by atoms with van der Waals surface area (Å²) in [5.74, 6) is 1.05. The molecule has 1 aliphatic rings. The first-order chi connectivity index (χ1) is 14.2. The Balaban J connectivity index is 1.30. The number of nitrogens with zero attached hydrogens (tertiary/aromatic N) is 3. The first-order valence-electron chi connectivity index (χ1n) is 10.0. The number of carbonyl (C=O) groups excluding carboxylic acids is 1. The van der Waals surface area contributed by atoms with Gasteiger partial charge in [-0.15, -0.1) is 0 Å². The summed E-state index contributed by atoms with van der Waals surface area (Å²) in [5.41, 5.74) is 4.24. The fourth-order valence-corrected chi connectivity index (χ4v) is 3.59. The number of aryl methyl sites for hydroxylation is 1. The number of hydrogen-bond donors (Lipinski definition) is 1. The lowest BCUT2D eigenvalue weighted by molar-refractivity contribution is -0.115. The molecule has 148 valence electrons. The smallest absolute Gasteiger partial charge is 0.228 e. The van der Waals surface area contributed by atoms with E-state index in [9.17, 15) is 4.79 Å². The Bertz CT molecular complexity index is 931. The van der Waals surface area contributed by atoms with Crippen LogP contribution in [0.5, 0.6) is 0 Å². The molecule has 0 unspecified atom stereocenters. The Kier molecular flexibility index (Phi) is 5.75. The highest BCUT2D eigenvalue weighted by atomic mass is 16.1. The number of aromatic nitrogens is 1. The lowest BCUT2D eigenvalue weighted by atomic mass is 10.1. The van der Waals surface area contributed by atoms with Gasteiger partial charge in [0.1, 0.15) is 5.82 Å². The third-order valence-corrected chi connectivity index (χ3v) is 5.25. The normalized spacial score (nSPS) is 14.0. The van der Waals surface area contributed by atoms with E-state index in [0.717, 1.165) is 43.2 Å². The largest absolute Gasteiger partial charge is 0.368 e. The lowest BCUT2D eigenvalue weighted by Crippen LogP contribution is -2.46. The number of hydrogen-bond acceptors (Lipinski definition) is 4. The molecule has 0 bridgehead atoms. The van der Waals surface area contributed by atoms with Crippen LogP contribution in [0, 0.1) is 6.92 Å². The molecule has 0 radical (unpaired) electrons. The van der Waals surface area contributed by atoms with Crippen molar-refractivity contribution in [3.05, 3.63) is 84.1 Å². The third kappa shape index (κ3) is 4.93. The standard InChI is InChI=1S/C24H26N4O/c1-19-5-7-20(8-6-19)18-24(29)26-21-9-11-22(12-10-21)27-14-16-28(17-15-27)23-4-2-3-13-25-23/h2-13H,14-18H2,1H3,(H,26,29). The minimum Gasteiger partial charge on any atom is -0.368 e. The molecule has 0 saturated carbocycles. The molecule has 1 aliphatic heterocycles. The molecule has 2 aromatic carbocycles. The minimum atomic E-state index is 0.00517. The van der Waals surface area contributed by atoms with Gasteiger partial charge in [0.15, 0.2) is 0 Å². The van der Waals surface area contributed by atoms with Crippen LogP contribution in [-0.2, 0) is 11.2 Å². The summed E-state index contributed by atoms with van der Waals surface area (Å²) < 4.78 is 0. The Morgan fingerprint density at radius 2 is 1.59 bits per heavy atom. The van der Waals surface area contributed by atoms with E-state index >= 15 is 0 Å². The molecule has 0 spiro atoms. The highest BCUT2D eigenvalue weighted by Crippen LogP contribution is 2.21. The Morgan fingerprint density at radius 3 is 2.24 bits per heavy atom. The van der Waals surface area contributed by atoms with Crippen LogP contribution in [0.25, 0.3) is 0 Å². The van der Waals surface area contributed by atoms with Crippen LogP contribution in [0.15, 0.2) is 72.9 Å². The summed E-state index contributed by atoms with van der Waals surface area (Å²) in [4.78, 5) is 21.4. The van der Waals surface area contributed by atoms with Gasteiger partial charge in [-0.25, -0.2) is 4.98 Å². The van der Waals surface area contributed by atoms with Crippen LogP contribution in [0.1, 0.15) is 11.1 Å². The van der Waals surface area contributed by atoms with Gasteiger partial charge in [-0.3, -0.25) is 4.79 Å². The van der Waals surface area contributed by atoms with E-state index < -0.39 is 0 Å². The number of nitrogens with one attached hydrogen (secondary N) is 1. The molecule has 1 aromatic heterocycles. The zero-order chi connectivity index (χ0) is 20.1. The van der Waals surface area contributed by atoms with Gasteiger partial charge in [-0.2, -0.15) is 0 Å². The summed E-state index contributed by atoms with van der Waals surface area (Å²) in [6, 6.07) is 22.2. The maximum atomic E-state index is 12.3. The van der Waals surface area contributed by atoms with Gasteiger partial charge in [0.25, 0.3) is 0 Å². The fraction of sp³-hybridized carbons (Fsp3) is 0.250. The van der Waals surface area contributed by atoms with Crippen molar-refractivity contribution in [3.63, 3.8) is 0 Å². The van der Waals surface area contributed by atoms with Crippen molar-refractivity contribution in [2.24, 2.45) is 0 Å². The minimum absolute atomic E-state index is 0.00517. The van der Waals surface area contributed by atoms with Crippen molar-refractivity contribution in [1.82, 2.24) is 4.98 Å². The quantitative estimate of drug-likeness (QED) is 0.723. The highest BCUT2D eigenvalue weighted by Gasteiger charge is 2.18. The van der Waals surface area contributed by atoms with E-state index in [1.54, 1.807) is 0 Å². The second-order valence-electron chi connectivity index (χ2n) is 7.42. The molecule has 5 nitrogen and oxygen atoms in total. The highest BCUT2D eigenvalue weighted by molar-refractivity contribution is 5.92. The number of pyridine rings is 1. The zero-order valence-corrected chi connectivity index (χ0v) is 16.7. The Hall–Kier alpha value is -3.34. The average molecular weight is 386 g/mol. The number of amides is 1. The van der Waals surface area contributed by atoms with E-state index in [1.165, 1.54) is 11.3 Å². The van der Waals surface area contributed by atoms with Crippen LogP contribution in [-0.4, -0.2) is 37.1 Å². The van der Waals surface area contributed by atoms with E-state index in [2.05, 4.69) is 38.3 Å². The lowest BCUT2D eigenvalue weighted by Gasteiger charge is -2.36. The molecule has 3 aromatic rings. The summed E-state index contributed by atoms with van der Waals surface area (Å²) in [5, 5.41) is 2.99. The molecule has 4 rings (SSSR count). The van der Waals surface area contributed by atoms with Gasteiger partial charge in [0, 0.05) is 43.8 Å². The molecule has 1 N–H and O–H groups in total. The Labute approximate surface area is 172 Å². The number of carbonyl (C=O) groups is 1. The Morgan fingerprint density at radius 1 is 0.897 bits per heavy atom. The maximum absolute atomic E-state index is 12.3.